The smallest absolute Gasteiger partial charge is 0.107 e. The average Bonchev–Trinajstić information content (AvgIpc) is 3.09. The first-order chi connectivity index (χ1) is 9.33. The summed E-state index contributed by atoms with van der Waals surface area (Å²) < 4.78 is 0. The molecule has 0 unspecified atom stereocenters. The van der Waals surface area contributed by atoms with Gasteiger partial charge in [-0.15, -0.1) is 11.3 Å². The summed E-state index contributed by atoms with van der Waals surface area (Å²) in [5.74, 6) is 0.953. The van der Waals surface area contributed by atoms with E-state index in [2.05, 4.69) is 22.5 Å². The lowest BCUT2D eigenvalue weighted by Gasteiger charge is -2.31. The minimum atomic E-state index is 0.776. The SMILES string of the molecule is CCN(Cc1csc(CNC2CC2)n1)CC1CCC1. The molecule has 2 aliphatic carbocycles. The highest BCUT2D eigenvalue weighted by Crippen LogP contribution is 2.27. The lowest BCUT2D eigenvalue weighted by Crippen LogP contribution is -2.32. The van der Waals surface area contributed by atoms with Gasteiger partial charge in [-0.1, -0.05) is 13.3 Å². The molecule has 0 saturated heterocycles. The topological polar surface area (TPSA) is 28.2 Å². The van der Waals surface area contributed by atoms with Crippen LogP contribution >= 0.6 is 11.3 Å². The highest BCUT2D eigenvalue weighted by Gasteiger charge is 2.21. The number of thiazole rings is 1. The summed E-state index contributed by atoms with van der Waals surface area (Å²) in [5, 5.41) is 7.03. The maximum atomic E-state index is 4.76. The molecule has 2 saturated carbocycles. The highest BCUT2D eigenvalue weighted by atomic mass is 32.1. The van der Waals surface area contributed by atoms with Gasteiger partial charge in [0.2, 0.25) is 0 Å². The summed E-state index contributed by atoms with van der Waals surface area (Å²) in [6.07, 6.45) is 7.01. The van der Waals surface area contributed by atoms with Crippen molar-refractivity contribution in [2.45, 2.75) is 58.2 Å². The van der Waals surface area contributed by atoms with Crippen LogP contribution in [-0.4, -0.2) is 29.0 Å². The van der Waals surface area contributed by atoms with E-state index in [1.165, 1.54) is 49.4 Å². The van der Waals surface area contributed by atoms with Crippen LogP contribution in [0.1, 0.15) is 49.7 Å². The van der Waals surface area contributed by atoms with E-state index >= 15 is 0 Å². The lowest BCUT2D eigenvalue weighted by atomic mass is 9.85. The molecule has 3 nitrogen and oxygen atoms in total. The van der Waals surface area contributed by atoms with E-state index in [4.69, 9.17) is 4.98 Å². The molecule has 1 aromatic rings. The van der Waals surface area contributed by atoms with E-state index in [1.54, 1.807) is 0 Å². The molecule has 3 rings (SSSR count). The molecule has 0 spiro atoms. The second kappa shape index (κ2) is 6.33. The molecular weight excluding hydrogens is 254 g/mol. The molecule has 0 atom stereocenters. The summed E-state index contributed by atoms with van der Waals surface area (Å²) in [6.45, 7) is 6.67. The number of aromatic nitrogens is 1. The zero-order chi connectivity index (χ0) is 13.1. The van der Waals surface area contributed by atoms with Gasteiger partial charge in [0.25, 0.3) is 0 Å². The fourth-order valence-electron chi connectivity index (χ4n) is 2.60. The van der Waals surface area contributed by atoms with Gasteiger partial charge in [-0.3, -0.25) is 4.90 Å². The van der Waals surface area contributed by atoms with Crippen molar-refractivity contribution in [3.8, 4) is 0 Å². The zero-order valence-electron chi connectivity index (χ0n) is 11.9. The van der Waals surface area contributed by atoms with Crippen LogP contribution in [0.25, 0.3) is 0 Å². The first kappa shape index (κ1) is 13.5. The summed E-state index contributed by atoms with van der Waals surface area (Å²) in [5.41, 5.74) is 1.26. The molecule has 0 bridgehead atoms. The van der Waals surface area contributed by atoms with Crippen LogP contribution in [0.15, 0.2) is 5.38 Å². The molecule has 106 valence electrons. The zero-order valence-corrected chi connectivity index (χ0v) is 12.7. The number of hydrogen-bond acceptors (Lipinski definition) is 4. The van der Waals surface area contributed by atoms with E-state index in [1.807, 2.05) is 11.3 Å². The second-order valence-electron chi connectivity index (χ2n) is 6.01. The molecule has 4 heteroatoms. The minimum absolute atomic E-state index is 0.776. The van der Waals surface area contributed by atoms with E-state index in [0.29, 0.717) is 0 Å². The van der Waals surface area contributed by atoms with Crippen molar-refractivity contribution in [3.63, 3.8) is 0 Å². The normalized spacial score (nSPS) is 19.9. The molecule has 2 fully saturated rings. The van der Waals surface area contributed by atoms with Crippen molar-refractivity contribution in [1.29, 1.82) is 0 Å². The highest BCUT2D eigenvalue weighted by molar-refractivity contribution is 7.09. The molecule has 0 amide bonds. The second-order valence-corrected chi connectivity index (χ2v) is 6.96. The predicted molar refractivity (Wildman–Crippen MR) is 80.3 cm³/mol. The van der Waals surface area contributed by atoms with Crippen molar-refractivity contribution < 1.29 is 0 Å². The third kappa shape index (κ3) is 4.01. The number of nitrogens with zero attached hydrogens (tertiary/aromatic N) is 2. The van der Waals surface area contributed by atoms with Gasteiger partial charge in [0, 0.05) is 31.1 Å². The Kier molecular flexibility index (Phi) is 4.51. The van der Waals surface area contributed by atoms with E-state index < -0.39 is 0 Å². The summed E-state index contributed by atoms with van der Waals surface area (Å²) in [6, 6.07) is 0.776. The van der Waals surface area contributed by atoms with Gasteiger partial charge in [0.05, 0.1) is 5.69 Å². The molecule has 2 aliphatic rings. The maximum Gasteiger partial charge on any atom is 0.107 e. The standard InChI is InChI=1S/C15H25N3S/c1-2-18(9-12-4-3-5-12)10-14-11-19-15(17-14)8-16-13-6-7-13/h11-13,16H,2-10H2,1H3. The Hall–Kier alpha value is -0.450. The van der Waals surface area contributed by atoms with Crippen molar-refractivity contribution in [2.24, 2.45) is 5.92 Å². The van der Waals surface area contributed by atoms with Crippen LogP contribution in [0, 0.1) is 5.92 Å². The first-order valence-corrected chi connectivity index (χ1v) is 8.60. The third-order valence-electron chi connectivity index (χ3n) is 4.29. The first-order valence-electron chi connectivity index (χ1n) is 7.72. The molecule has 19 heavy (non-hydrogen) atoms. The Labute approximate surface area is 120 Å². The lowest BCUT2D eigenvalue weighted by molar-refractivity contribution is 0.177. The van der Waals surface area contributed by atoms with Gasteiger partial charge in [-0.05, 0) is 38.1 Å². The molecule has 1 aromatic heterocycles. The molecule has 1 N–H and O–H groups in total. The summed E-state index contributed by atoms with van der Waals surface area (Å²) >= 11 is 1.81. The van der Waals surface area contributed by atoms with Gasteiger partial charge < -0.3 is 5.32 Å². The molecule has 0 radical (unpaired) electrons. The number of hydrogen-bond donors (Lipinski definition) is 1. The minimum Gasteiger partial charge on any atom is -0.308 e. The van der Waals surface area contributed by atoms with E-state index in [-0.39, 0.29) is 0 Å². The van der Waals surface area contributed by atoms with E-state index in [9.17, 15) is 0 Å². The molecule has 0 aromatic carbocycles. The van der Waals surface area contributed by atoms with Crippen molar-refractivity contribution in [3.05, 3.63) is 16.1 Å². The number of rotatable bonds is 8. The fraction of sp³-hybridized carbons (Fsp3) is 0.800. The van der Waals surface area contributed by atoms with Gasteiger partial charge in [-0.2, -0.15) is 0 Å². The van der Waals surface area contributed by atoms with Gasteiger partial charge in [0.15, 0.2) is 0 Å². The predicted octanol–water partition coefficient (Wildman–Crippen LogP) is 3.02. The molecule has 1 heterocycles. The fourth-order valence-corrected chi connectivity index (χ4v) is 3.33. The number of nitrogens with one attached hydrogen (secondary N) is 1. The third-order valence-corrected chi connectivity index (χ3v) is 5.19. The van der Waals surface area contributed by atoms with Crippen LogP contribution in [0.4, 0.5) is 0 Å². The van der Waals surface area contributed by atoms with Gasteiger partial charge in [-0.25, -0.2) is 4.98 Å². The van der Waals surface area contributed by atoms with Crippen molar-refractivity contribution in [2.75, 3.05) is 13.1 Å². The molecular formula is C15H25N3S. The Bertz CT molecular complexity index is 396. The van der Waals surface area contributed by atoms with Crippen LogP contribution in [0.2, 0.25) is 0 Å². The van der Waals surface area contributed by atoms with Crippen LogP contribution in [0.3, 0.4) is 0 Å². The molecule has 0 aliphatic heterocycles. The monoisotopic (exact) mass is 279 g/mol. The average molecular weight is 279 g/mol. The van der Waals surface area contributed by atoms with Crippen molar-refractivity contribution >= 4 is 11.3 Å². The van der Waals surface area contributed by atoms with Gasteiger partial charge >= 0.3 is 0 Å². The van der Waals surface area contributed by atoms with Crippen LogP contribution in [-0.2, 0) is 13.1 Å². The van der Waals surface area contributed by atoms with Gasteiger partial charge in [0.1, 0.15) is 5.01 Å². The quantitative estimate of drug-likeness (QED) is 0.793. The Morgan fingerprint density at radius 3 is 2.84 bits per heavy atom. The maximum absolute atomic E-state index is 4.76. The van der Waals surface area contributed by atoms with E-state index in [0.717, 1.165) is 31.6 Å². The largest absolute Gasteiger partial charge is 0.308 e. The van der Waals surface area contributed by atoms with Crippen LogP contribution < -0.4 is 5.32 Å². The summed E-state index contributed by atoms with van der Waals surface area (Å²) in [7, 11) is 0. The Morgan fingerprint density at radius 1 is 1.37 bits per heavy atom. The Morgan fingerprint density at radius 2 is 2.21 bits per heavy atom. The summed E-state index contributed by atoms with van der Waals surface area (Å²) in [4.78, 5) is 7.32. The van der Waals surface area contributed by atoms with Crippen LogP contribution in [0.5, 0.6) is 0 Å². The Balaban J connectivity index is 1.46. The van der Waals surface area contributed by atoms with Crippen molar-refractivity contribution in [1.82, 2.24) is 15.2 Å².